The third-order valence-electron chi connectivity index (χ3n) is 3.13. The maximum atomic E-state index is 13.0. The highest BCUT2D eigenvalue weighted by Crippen LogP contribution is 2.42. The van der Waals surface area contributed by atoms with E-state index in [4.69, 9.17) is 0 Å². The molecular formula is C14H6Br3F3N2OS. The topological polar surface area (TPSA) is 48.9 Å². The number of rotatable bonds is 2. The zero-order valence-corrected chi connectivity index (χ0v) is 17.0. The van der Waals surface area contributed by atoms with Crippen LogP contribution in [0.5, 0.6) is 5.75 Å². The molecule has 0 aliphatic rings. The average Bonchev–Trinajstić information content (AvgIpc) is 3.08. The molecule has 0 atom stereocenters. The number of alkyl halides is 3. The summed E-state index contributed by atoms with van der Waals surface area (Å²) >= 11 is 10.9. The summed E-state index contributed by atoms with van der Waals surface area (Å²) in [6.45, 7) is 0. The highest BCUT2D eigenvalue weighted by atomic mass is 79.9. The molecule has 1 aromatic carbocycles. The van der Waals surface area contributed by atoms with E-state index in [-0.39, 0.29) is 21.5 Å². The Kier molecular flexibility index (Phi) is 4.84. The van der Waals surface area contributed by atoms with Gasteiger partial charge in [-0.3, -0.25) is 0 Å². The van der Waals surface area contributed by atoms with Crippen LogP contribution in [0.3, 0.4) is 0 Å². The van der Waals surface area contributed by atoms with Crippen molar-refractivity contribution >= 4 is 59.1 Å². The Morgan fingerprint density at radius 2 is 1.79 bits per heavy atom. The largest absolute Gasteiger partial charge is 0.506 e. The van der Waals surface area contributed by atoms with E-state index >= 15 is 0 Å². The molecule has 0 radical (unpaired) electrons. The van der Waals surface area contributed by atoms with E-state index in [1.807, 2.05) is 0 Å². The van der Waals surface area contributed by atoms with Gasteiger partial charge in [0.1, 0.15) is 10.8 Å². The fourth-order valence-corrected chi connectivity index (χ4v) is 3.91. The quantitative estimate of drug-likeness (QED) is 0.371. The van der Waals surface area contributed by atoms with Crippen molar-refractivity contribution in [1.29, 1.82) is 0 Å². The zero-order chi connectivity index (χ0) is 17.6. The van der Waals surface area contributed by atoms with Crippen LogP contribution >= 0.6 is 59.1 Å². The van der Waals surface area contributed by atoms with Crippen LogP contribution in [0.15, 0.2) is 37.1 Å². The first-order valence-electron chi connectivity index (χ1n) is 6.27. The summed E-state index contributed by atoms with van der Waals surface area (Å²) in [6.07, 6.45) is -4.51. The van der Waals surface area contributed by atoms with Gasteiger partial charge < -0.3 is 10.1 Å². The first-order valence-corrected chi connectivity index (χ1v) is 9.52. The molecule has 0 aliphatic carbocycles. The van der Waals surface area contributed by atoms with Gasteiger partial charge in [0.25, 0.3) is 0 Å². The second-order valence-electron chi connectivity index (χ2n) is 4.73. The normalized spacial score (nSPS) is 11.9. The zero-order valence-electron chi connectivity index (χ0n) is 11.4. The van der Waals surface area contributed by atoms with Gasteiger partial charge in [-0.1, -0.05) is 0 Å². The van der Waals surface area contributed by atoms with Crippen LogP contribution in [0.25, 0.3) is 22.0 Å². The van der Waals surface area contributed by atoms with Crippen molar-refractivity contribution in [3.63, 3.8) is 0 Å². The number of H-pyrrole nitrogens is 1. The summed E-state index contributed by atoms with van der Waals surface area (Å²) in [5.41, 5.74) is 0.127. The summed E-state index contributed by atoms with van der Waals surface area (Å²) in [6, 6.07) is 3.53. The van der Waals surface area contributed by atoms with E-state index < -0.39 is 11.7 Å². The molecule has 0 unspecified atom stereocenters. The lowest BCUT2D eigenvalue weighted by atomic mass is 10.1. The Balaban J connectivity index is 2.08. The van der Waals surface area contributed by atoms with Crippen molar-refractivity contribution < 1.29 is 18.3 Å². The van der Waals surface area contributed by atoms with Crippen molar-refractivity contribution in [3.8, 4) is 27.7 Å². The van der Waals surface area contributed by atoms with Crippen molar-refractivity contribution in [2.75, 3.05) is 0 Å². The molecule has 3 rings (SSSR count). The number of thiazole rings is 1. The molecule has 0 saturated heterocycles. The molecule has 2 N–H and O–H groups in total. The third kappa shape index (κ3) is 3.42. The Hall–Kier alpha value is -0.840. The van der Waals surface area contributed by atoms with Gasteiger partial charge in [-0.2, -0.15) is 13.2 Å². The van der Waals surface area contributed by atoms with E-state index in [0.717, 1.165) is 21.2 Å². The van der Waals surface area contributed by atoms with Gasteiger partial charge in [0.2, 0.25) is 0 Å². The summed E-state index contributed by atoms with van der Waals surface area (Å²) in [5.74, 6) is -0.284. The first kappa shape index (κ1) is 18.0. The summed E-state index contributed by atoms with van der Waals surface area (Å²) in [5, 5.41) is 12.3. The summed E-state index contributed by atoms with van der Waals surface area (Å²) in [7, 11) is 0. The molecule has 2 heterocycles. The minimum atomic E-state index is -4.51. The lowest BCUT2D eigenvalue weighted by Crippen LogP contribution is -2.05. The predicted molar refractivity (Wildman–Crippen MR) is 97.1 cm³/mol. The first-order chi connectivity index (χ1) is 11.2. The number of nitrogens with one attached hydrogen (secondary N) is 1. The van der Waals surface area contributed by atoms with Gasteiger partial charge in [-0.05, 0) is 66.0 Å². The van der Waals surface area contributed by atoms with Crippen molar-refractivity contribution in [3.05, 3.63) is 42.7 Å². The van der Waals surface area contributed by atoms with Crippen LogP contribution < -0.4 is 0 Å². The molecular weight excluding hydrogens is 541 g/mol. The molecule has 2 aromatic heterocycles. The van der Waals surface area contributed by atoms with Crippen molar-refractivity contribution in [1.82, 2.24) is 9.97 Å². The SMILES string of the molecule is Oc1c(Br)cc(C(F)(F)F)cc1-c1csc(-c2cc(Br)c(Br)[nH]2)n1. The lowest BCUT2D eigenvalue weighted by Gasteiger charge is -2.11. The standard InChI is InChI=1S/C14H6Br3F3N2OS/c15-7-2-5(14(18,19)20)1-6(11(7)23)10-4-24-13(22-10)9-3-8(16)12(17)21-9/h1-4,21,23H. The number of halogens is 6. The second-order valence-corrected chi connectivity index (χ2v) is 8.09. The molecule has 3 nitrogen and oxygen atoms in total. The van der Waals surface area contributed by atoms with Gasteiger partial charge in [-0.25, -0.2) is 4.98 Å². The number of hydrogen-bond acceptors (Lipinski definition) is 3. The number of benzene rings is 1. The smallest absolute Gasteiger partial charge is 0.416 e. The van der Waals surface area contributed by atoms with Gasteiger partial charge in [0.05, 0.1) is 30.5 Å². The minimum Gasteiger partial charge on any atom is -0.506 e. The molecule has 3 aromatic rings. The Labute approximate surface area is 163 Å². The molecule has 0 saturated carbocycles. The molecule has 0 amide bonds. The Bertz CT molecular complexity index is 901. The number of phenolic OH excluding ortho intramolecular Hbond substituents is 1. The Morgan fingerprint density at radius 1 is 1.08 bits per heavy atom. The van der Waals surface area contributed by atoms with Gasteiger partial charge in [0, 0.05) is 10.9 Å². The number of aromatic amines is 1. The van der Waals surface area contributed by atoms with Crippen molar-refractivity contribution in [2.45, 2.75) is 6.18 Å². The van der Waals surface area contributed by atoms with E-state index in [2.05, 4.69) is 57.8 Å². The van der Waals surface area contributed by atoms with Crippen LogP contribution in [-0.4, -0.2) is 15.1 Å². The maximum absolute atomic E-state index is 13.0. The van der Waals surface area contributed by atoms with Gasteiger partial charge >= 0.3 is 6.18 Å². The molecule has 10 heteroatoms. The monoisotopic (exact) mass is 544 g/mol. The van der Waals surface area contributed by atoms with Crippen LogP contribution in [0, 0.1) is 0 Å². The van der Waals surface area contributed by atoms with Crippen LogP contribution in [0.4, 0.5) is 13.2 Å². The molecule has 126 valence electrons. The molecule has 0 bridgehead atoms. The Morgan fingerprint density at radius 3 is 2.38 bits per heavy atom. The molecule has 0 fully saturated rings. The lowest BCUT2D eigenvalue weighted by molar-refractivity contribution is -0.137. The third-order valence-corrected chi connectivity index (χ3v) is 6.39. The van der Waals surface area contributed by atoms with E-state index in [9.17, 15) is 18.3 Å². The van der Waals surface area contributed by atoms with E-state index in [1.165, 1.54) is 11.3 Å². The van der Waals surface area contributed by atoms with E-state index in [0.29, 0.717) is 10.7 Å². The highest BCUT2D eigenvalue weighted by Gasteiger charge is 2.32. The summed E-state index contributed by atoms with van der Waals surface area (Å²) < 4.78 is 40.4. The number of phenols is 1. The summed E-state index contributed by atoms with van der Waals surface area (Å²) in [4.78, 5) is 7.38. The van der Waals surface area contributed by atoms with E-state index in [1.54, 1.807) is 11.4 Å². The fraction of sp³-hybridized carbons (Fsp3) is 0.0714. The predicted octanol–water partition coefficient (Wildman–Crippen LogP) is 6.82. The van der Waals surface area contributed by atoms with Crippen LogP contribution in [0.2, 0.25) is 0 Å². The number of hydrogen-bond donors (Lipinski definition) is 2. The number of aromatic hydroxyl groups is 1. The molecule has 0 spiro atoms. The molecule has 0 aliphatic heterocycles. The fourth-order valence-electron chi connectivity index (χ4n) is 2.00. The van der Waals surface area contributed by atoms with Crippen LogP contribution in [-0.2, 0) is 6.18 Å². The molecule has 24 heavy (non-hydrogen) atoms. The maximum Gasteiger partial charge on any atom is 0.416 e. The second kappa shape index (κ2) is 6.47. The average molecular weight is 547 g/mol. The van der Waals surface area contributed by atoms with Gasteiger partial charge in [-0.15, -0.1) is 11.3 Å². The number of nitrogens with zero attached hydrogens (tertiary/aromatic N) is 1. The number of aromatic nitrogens is 2. The minimum absolute atomic E-state index is 0.0175. The van der Waals surface area contributed by atoms with Crippen molar-refractivity contribution in [2.24, 2.45) is 0 Å². The van der Waals surface area contributed by atoms with Crippen LogP contribution in [0.1, 0.15) is 5.56 Å². The van der Waals surface area contributed by atoms with Gasteiger partial charge in [0.15, 0.2) is 0 Å². The highest BCUT2D eigenvalue weighted by molar-refractivity contribution is 9.13.